The minimum atomic E-state index is -1.37. The SMILES string of the molecule is CC(C)N1CCN(C(=O)C(C)(O)CC(C)(C)N2CCN(CC#N)CC2)CC1. The zero-order valence-corrected chi connectivity index (χ0v) is 17.7. The van der Waals surface area contributed by atoms with Gasteiger partial charge < -0.3 is 10.0 Å². The molecule has 0 radical (unpaired) electrons. The van der Waals surface area contributed by atoms with Crippen LogP contribution in [0.4, 0.5) is 0 Å². The molecule has 0 aromatic carbocycles. The Hall–Kier alpha value is -1.20. The van der Waals surface area contributed by atoms with E-state index in [0.29, 0.717) is 32.1 Å². The highest BCUT2D eigenvalue weighted by atomic mass is 16.3. The van der Waals surface area contributed by atoms with E-state index in [-0.39, 0.29) is 11.4 Å². The lowest BCUT2D eigenvalue weighted by molar-refractivity contribution is -0.155. The third-order valence-electron chi connectivity index (χ3n) is 6.09. The lowest BCUT2D eigenvalue weighted by Crippen LogP contribution is -2.60. The Labute approximate surface area is 164 Å². The second-order valence-electron chi connectivity index (χ2n) is 9.11. The van der Waals surface area contributed by atoms with Gasteiger partial charge in [0.25, 0.3) is 5.91 Å². The van der Waals surface area contributed by atoms with Gasteiger partial charge >= 0.3 is 0 Å². The molecule has 0 saturated carbocycles. The lowest BCUT2D eigenvalue weighted by Gasteiger charge is -2.47. The fourth-order valence-corrected chi connectivity index (χ4v) is 4.42. The van der Waals surface area contributed by atoms with E-state index in [4.69, 9.17) is 5.26 Å². The molecule has 0 bridgehead atoms. The number of hydrogen-bond acceptors (Lipinski definition) is 6. The third kappa shape index (κ3) is 5.64. The van der Waals surface area contributed by atoms with Gasteiger partial charge in [0.2, 0.25) is 0 Å². The number of piperazine rings is 2. The summed E-state index contributed by atoms with van der Waals surface area (Å²) in [5, 5.41) is 19.9. The molecule has 1 unspecified atom stereocenters. The molecular weight excluding hydrogens is 342 g/mol. The first kappa shape index (κ1) is 22.1. The van der Waals surface area contributed by atoms with Crippen LogP contribution in [-0.4, -0.2) is 107 Å². The maximum Gasteiger partial charge on any atom is 0.254 e. The van der Waals surface area contributed by atoms with Gasteiger partial charge in [-0.25, -0.2) is 0 Å². The van der Waals surface area contributed by atoms with Crippen LogP contribution in [0, 0.1) is 11.3 Å². The molecule has 2 saturated heterocycles. The van der Waals surface area contributed by atoms with E-state index in [9.17, 15) is 9.90 Å². The quantitative estimate of drug-likeness (QED) is 0.682. The van der Waals surface area contributed by atoms with Gasteiger partial charge in [-0.15, -0.1) is 0 Å². The summed E-state index contributed by atoms with van der Waals surface area (Å²) in [6.07, 6.45) is 0.404. The highest BCUT2D eigenvalue weighted by Gasteiger charge is 2.43. The Balaban J connectivity index is 1.92. The number of hydrogen-bond donors (Lipinski definition) is 1. The van der Waals surface area contributed by atoms with Gasteiger partial charge in [0.15, 0.2) is 0 Å². The summed E-state index contributed by atoms with van der Waals surface area (Å²) in [4.78, 5) is 21.6. The van der Waals surface area contributed by atoms with Crippen molar-refractivity contribution in [1.82, 2.24) is 19.6 Å². The first-order chi connectivity index (χ1) is 12.6. The molecule has 2 aliphatic heterocycles. The molecule has 1 atom stereocenters. The van der Waals surface area contributed by atoms with Crippen molar-refractivity contribution in [2.45, 2.75) is 58.2 Å². The molecule has 2 heterocycles. The van der Waals surface area contributed by atoms with Crippen LogP contribution in [0.1, 0.15) is 41.0 Å². The van der Waals surface area contributed by atoms with Crippen molar-refractivity contribution in [3.63, 3.8) is 0 Å². The fraction of sp³-hybridized carbons (Fsp3) is 0.900. The van der Waals surface area contributed by atoms with Crippen molar-refractivity contribution < 1.29 is 9.90 Å². The second kappa shape index (κ2) is 8.87. The van der Waals surface area contributed by atoms with Crippen molar-refractivity contribution in [2.75, 3.05) is 58.9 Å². The molecule has 0 aromatic heterocycles. The first-order valence-electron chi connectivity index (χ1n) is 10.2. The van der Waals surface area contributed by atoms with E-state index in [0.717, 1.165) is 39.3 Å². The average molecular weight is 380 g/mol. The first-order valence-corrected chi connectivity index (χ1v) is 10.2. The van der Waals surface area contributed by atoms with Crippen molar-refractivity contribution in [1.29, 1.82) is 5.26 Å². The van der Waals surface area contributed by atoms with E-state index in [1.54, 1.807) is 6.92 Å². The van der Waals surface area contributed by atoms with Gasteiger partial charge in [-0.2, -0.15) is 5.26 Å². The molecule has 0 aromatic rings. The number of rotatable bonds is 6. The molecule has 1 N–H and O–H groups in total. The van der Waals surface area contributed by atoms with Crippen LogP contribution in [0.3, 0.4) is 0 Å². The van der Waals surface area contributed by atoms with E-state index >= 15 is 0 Å². The van der Waals surface area contributed by atoms with Gasteiger partial charge in [0.1, 0.15) is 5.60 Å². The van der Waals surface area contributed by atoms with Crippen LogP contribution in [0.5, 0.6) is 0 Å². The number of carbonyl (C=O) groups is 1. The topological polar surface area (TPSA) is 74.1 Å². The predicted molar refractivity (Wildman–Crippen MR) is 106 cm³/mol. The third-order valence-corrected chi connectivity index (χ3v) is 6.09. The van der Waals surface area contributed by atoms with E-state index in [2.05, 4.69) is 48.5 Å². The van der Waals surface area contributed by atoms with Gasteiger partial charge in [0, 0.05) is 70.4 Å². The van der Waals surface area contributed by atoms with Crippen LogP contribution < -0.4 is 0 Å². The molecule has 2 rings (SSSR count). The monoisotopic (exact) mass is 379 g/mol. The number of carbonyl (C=O) groups excluding carboxylic acids is 1. The largest absolute Gasteiger partial charge is 0.380 e. The highest BCUT2D eigenvalue weighted by molar-refractivity contribution is 5.84. The van der Waals surface area contributed by atoms with Crippen molar-refractivity contribution in [3.05, 3.63) is 0 Å². The van der Waals surface area contributed by atoms with Gasteiger partial charge in [0.05, 0.1) is 12.6 Å². The Morgan fingerprint density at radius 1 is 1.04 bits per heavy atom. The Morgan fingerprint density at radius 2 is 1.59 bits per heavy atom. The fourth-order valence-electron chi connectivity index (χ4n) is 4.42. The van der Waals surface area contributed by atoms with Crippen LogP contribution in [0.25, 0.3) is 0 Å². The lowest BCUT2D eigenvalue weighted by atomic mass is 9.85. The summed E-state index contributed by atoms with van der Waals surface area (Å²) < 4.78 is 0. The maximum atomic E-state index is 13.0. The summed E-state index contributed by atoms with van der Waals surface area (Å²) in [6, 6.07) is 2.69. The molecule has 2 aliphatic rings. The zero-order chi connectivity index (χ0) is 20.2. The Morgan fingerprint density at radius 3 is 2.07 bits per heavy atom. The minimum absolute atomic E-state index is 0.151. The van der Waals surface area contributed by atoms with Crippen LogP contribution >= 0.6 is 0 Å². The molecule has 27 heavy (non-hydrogen) atoms. The minimum Gasteiger partial charge on any atom is -0.380 e. The molecule has 0 spiro atoms. The summed E-state index contributed by atoms with van der Waals surface area (Å²) in [7, 11) is 0. The number of amides is 1. The van der Waals surface area contributed by atoms with Crippen LogP contribution in [0.2, 0.25) is 0 Å². The molecule has 154 valence electrons. The van der Waals surface area contributed by atoms with Crippen molar-refractivity contribution in [2.24, 2.45) is 0 Å². The highest BCUT2D eigenvalue weighted by Crippen LogP contribution is 2.29. The van der Waals surface area contributed by atoms with Crippen LogP contribution in [-0.2, 0) is 4.79 Å². The van der Waals surface area contributed by atoms with Crippen molar-refractivity contribution in [3.8, 4) is 6.07 Å². The van der Waals surface area contributed by atoms with E-state index < -0.39 is 5.60 Å². The summed E-state index contributed by atoms with van der Waals surface area (Å²) in [5.74, 6) is -0.151. The van der Waals surface area contributed by atoms with E-state index in [1.165, 1.54) is 0 Å². The standard InChI is InChI=1S/C20H37N5O2/c1-17(2)23-10-12-24(13-11-23)18(26)20(5,27)16-19(3,4)25-14-8-22(7-6-21)9-15-25/h17,27H,7-16H2,1-5H3. The smallest absolute Gasteiger partial charge is 0.254 e. The Kier molecular flexibility index (Phi) is 7.26. The van der Waals surface area contributed by atoms with Gasteiger partial charge in [-0.05, 0) is 34.6 Å². The number of nitriles is 1. The van der Waals surface area contributed by atoms with E-state index in [1.807, 2.05) is 4.90 Å². The number of aliphatic hydroxyl groups is 1. The van der Waals surface area contributed by atoms with Crippen molar-refractivity contribution >= 4 is 5.91 Å². The maximum absolute atomic E-state index is 13.0. The predicted octanol–water partition coefficient (Wildman–Crippen LogP) is 0.600. The molecule has 0 aliphatic carbocycles. The normalized spacial score (nSPS) is 23.3. The zero-order valence-electron chi connectivity index (χ0n) is 17.7. The molecule has 1 amide bonds. The Bertz CT molecular complexity index is 539. The molecule has 7 heteroatoms. The molecule has 2 fully saturated rings. The molecular formula is C20H37N5O2. The van der Waals surface area contributed by atoms with Gasteiger partial charge in [-0.1, -0.05) is 0 Å². The molecule has 7 nitrogen and oxygen atoms in total. The van der Waals surface area contributed by atoms with Crippen LogP contribution in [0.15, 0.2) is 0 Å². The summed E-state index contributed by atoms with van der Waals surface area (Å²) >= 11 is 0. The average Bonchev–Trinajstić information content (AvgIpc) is 2.61. The number of nitrogens with zero attached hydrogens (tertiary/aromatic N) is 5. The van der Waals surface area contributed by atoms with Gasteiger partial charge in [-0.3, -0.25) is 19.5 Å². The summed E-state index contributed by atoms with van der Waals surface area (Å²) in [6.45, 7) is 17.2. The second-order valence-corrected chi connectivity index (χ2v) is 9.11. The summed E-state index contributed by atoms with van der Waals surface area (Å²) in [5.41, 5.74) is -1.65.